The van der Waals surface area contributed by atoms with Crippen LogP contribution in [-0.2, 0) is 6.61 Å². The number of para-hydroxylation sites is 1. The zero-order valence-electron chi connectivity index (χ0n) is 12.5. The van der Waals surface area contributed by atoms with E-state index in [1.807, 2.05) is 31.3 Å². The first-order valence-corrected chi connectivity index (χ1v) is 7.57. The van der Waals surface area contributed by atoms with Gasteiger partial charge in [0.05, 0.1) is 11.3 Å². The van der Waals surface area contributed by atoms with Gasteiger partial charge in [0.15, 0.2) is 0 Å². The van der Waals surface area contributed by atoms with Crippen molar-refractivity contribution in [2.45, 2.75) is 19.1 Å². The smallest absolute Gasteiger partial charge is 0.222 e. The maximum absolute atomic E-state index is 5.97. The Balaban J connectivity index is 1.81. The lowest BCUT2D eigenvalue weighted by atomic mass is 10.0. The lowest BCUT2D eigenvalue weighted by Crippen LogP contribution is -2.31. The molecule has 1 fully saturated rings. The van der Waals surface area contributed by atoms with Gasteiger partial charge in [0, 0.05) is 24.7 Å². The van der Waals surface area contributed by atoms with Crippen LogP contribution in [0.2, 0.25) is 0 Å². The molecule has 2 aromatic rings. The zero-order valence-corrected chi connectivity index (χ0v) is 12.5. The third-order valence-electron chi connectivity index (χ3n) is 4.41. The van der Waals surface area contributed by atoms with Gasteiger partial charge in [0.25, 0.3) is 0 Å². The van der Waals surface area contributed by atoms with E-state index in [4.69, 9.17) is 10.5 Å². The summed E-state index contributed by atoms with van der Waals surface area (Å²) < 4.78 is 5.88. The Morgan fingerprint density at radius 1 is 1.32 bits per heavy atom. The molecule has 3 N–H and O–H groups in total. The summed E-state index contributed by atoms with van der Waals surface area (Å²) in [6.07, 6.45) is 1.10. The second-order valence-electron chi connectivity index (χ2n) is 5.74. The summed E-state index contributed by atoms with van der Waals surface area (Å²) >= 11 is 0. The normalized spacial score (nSPS) is 19.5. The van der Waals surface area contributed by atoms with Crippen molar-refractivity contribution in [3.05, 3.63) is 29.8 Å². The van der Waals surface area contributed by atoms with E-state index < -0.39 is 0 Å². The largest absolute Gasteiger partial charge is 0.488 e. The molecular formula is C16H19N5O. The Morgan fingerprint density at radius 2 is 2.18 bits per heavy atom. The number of nitrogens with zero attached hydrogens (tertiary/aromatic N) is 3. The molecule has 0 aliphatic carbocycles. The number of nitrogen functional groups attached to an aromatic ring is 1. The molecule has 2 aliphatic heterocycles. The molecule has 1 atom stereocenters. The number of anilines is 2. The predicted octanol–water partition coefficient (Wildman–Crippen LogP) is 1.42. The number of aromatic nitrogens is 2. The standard InChI is InChI=1S/C16H19N5O/c1-18-10-6-7-21(8-10)15-12-9-22-13-5-3-2-4-11(13)14(12)19-16(17)20-15/h2-5,10,18H,6-9H2,1H3,(H2,17,19,20). The van der Waals surface area contributed by atoms with E-state index in [0.29, 0.717) is 18.6 Å². The summed E-state index contributed by atoms with van der Waals surface area (Å²) in [5.41, 5.74) is 8.89. The van der Waals surface area contributed by atoms with Crippen LogP contribution in [0.3, 0.4) is 0 Å². The molecule has 0 bridgehead atoms. The van der Waals surface area contributed by atoms with Crippen LogP contribution >= 0.6 is 0 Å². The maximum atomic E-state index is 5.97. The fraction of sp³-hybridized carbons (Fsp3) is 0.375. The Bertz CT molecular complexity index is 718. The minimum absolute atomic E-state index is 0.318. The summed E-state index contributed by atoms with van der Waals surface area (Å²) in [4.78, 5) is 11.2. The fourth-order valence-electron chi connectivity index (χ4n) is 3.23. The highest BCUT2D eigenvalue weighted by molar-refractivity contribution is 5.76. The molecule has 1 saturated heterocycles. The average molecular weight is 297 g/mol. The van der Waals surface area contributed by atoms with Crippen molar-refractivity contribution < 1.29 is 4.74 Å². The molecule has 4 rings (SSSR count). The van der Waals surface area contributed by atoms with E-state index >= 15 is 0 Å². The van der Waals surface area contributed by atoms with Gasteiger partial charge in [-0.1, -0.05) is 12.1 Å². The Kier molecular flexibility index (Phi) is 3.11. The molecule has 6 heteroatoms. The molecule has 0 saturated carbocycles. The highest BCUT2D eigenvalue weighted by Gasteiger charge is 2.29. The molecule has 0 amide bonds. The van der Waals surface area contributed by atoms with Crippen molar-refractivity contribution in [2.75, 3.05) is 30.8 Å². The van der Waals surface area contributed by atoms with Gasteiger partial charge in [-0.2, -0.15) is 4.98 Å². The molecule has 3 heterocycles. The molecule has 1 unspecified atom stereocenters. The molecular weight excluding hydrogens is 278 g/mol. The van der Waals surface area contributed by atoms with Crippen molar-refractivity contribution in [1.82, 2.24) is 15.3 Å². The van der Waals surface area contributed by atoms with Crippen molar-refractivity contribution in [2.24, 2.45) is 0 Å². The second kappa shape index (κ2) is 5.14. The molecule has 114 valence electrons. The lowest BCUT2D eigenvalue weighted by molar-refractivity contribution is 0.301. The molecule has 0 radical (unpaired) electrons. The summed E-state index contributed by atoms with van der Waals surface area (Å²) in [6.45, 7) is 2.39. The molecule has 2 aliphatic rings. The summed E-state index contributed by atoms with van der Waals surface area (Å²) in [5, 5.41) is 3.33. The number of hydrogen-bond donors (Lipinski definition) is 2. The van der Waals surface area contributed by atoms with E-state index in [2.05, 4.69) is 20.2 Å². The molecule has 22 heavy (non-hydrogen) atoms. The molecule has 1 aromatic carbocycles. The lowest BCUT2D eigenvalue weighted by Gasteiger charge is -2.26. The van der Waals surface area contributed by atoms with Crippen LogP contribution in [0.5, 0.6) is 5.75 Å². The maximum Gasteiger partial charge on any atom is 0.222 e. The first-order valence-electron chi connectivity index (χ1n) is 7.57. The van der Waals surface area contributed by atoms with Crippen molar-refractivity contribution in [3.63, 3.8) is 0 Å². The van der Waals surface area contributed by atoms with Crippen LogP contribution in [0.25, 0.3) is 11.3 Å². The number of nitrogens with two attached hydrogens (primary N) is 1. The third-order valence-corrected chi connectivity index (χ3v) is 4.41. The van der Waals surface area contributed by atoms with Crippen LogP contribution in [0.4, 0.5) is 11.8 Å². The highest BCUT2D eigenvalue weighted by Crippen LogP contribution is 2.40. The van der Waals surface area contributed by atoms with E-state index in [0.717, 1.165) is 47.9 Å². The van der Waals surface area contributed by atoms with Gasteiger partial charge in [-0.3, -0.25) is 0 Å². The number of hydrogen-bond acceptors (Lipinski definition) is 6. The number of likely N-dealkylation sites (N-methyl/N-ethyl adjacent to an activating group) is 1. The van der Waals surface area contributed by atoms with Crippen LogP contribution in [0, 0.1) is 0 Å². The van der Waals surface area contributed by atoms with Gasteiger partial charge in [0.2, 0.25) is 5.95 Å². The third kappa shape index (κ3) is 2.07. The van der Waals surface area contributed by atoms with Gasteiger partial charge < -0.3 is 20.7 Å². The molecule has 0 spiro atoms. The number of ether oxygens (including phenoxy) is 1. The topological polar surface area (TPSA) is 76.3 Å². The Hall–Kier alpha value is -2.34. The van der Waals surface area contributed by atoms with Gasteiger partial charge in [-0.25, -0.2) is 4.98 Å². The molecule has 6 nitrogen and oxygen atoms in total. The van der Waals surface area contributed by atoms with Gasteiger partial charge in [-0.05, 0) is 25.6 Å². The van der Waals surface area contributed by atoms with Crippen molar-refractivity contribution in [3.8, 4) is 17.0 Å². The Labute approximate surface area is 129 Å². The molecule has 1 aromatic heterocycles. The monoisotopic (exact) mass is 297 g/mol. The van der Waals surface area contributed by atoms with Crippen LogP contribution in [0.15, 0.2) is 24.3 Å². The van der Waals surface area contributed by atoms with Crippen LogP contribution < -0.4 is 20.7 Å². The quantitative estimate of drug-likeness (QED) is 0.873. The summed E-state index contributed by atoms with van der Waals surface area (Å²) in [5.74, 6) is 2.08. The van der Waals surface area contributed by atoms with Gasteiger partial charge >= 0.3 is 0 Å². The zero-order chi connectivity index (χ0) is 15.1. The van der Waals surface area contributed by atoms with E-state index in [1.165, 1.54) is 0 Å². The average Bonchev–Trinajstić information content (AvgIpc) is 3.03. The number of fused-ring (bicyclic) bond motifs is 3. The second-order valence-corrected chi connectivity index (χ2v) is 5.74. The number of nitrogens with one attached hydrogen (secondary N) is 1. The first-order chi connectivity index (χ1) is 10.8. The van der Waals surface area contributed by atoms with Crippen LogP contribution in [0.1, 0.15) is 12.0 Å². The van der Waals surface area contributed by atoms with Crippen molar-refractivity contribution >= 4 is 11.8 Å². The predicted molar refractivity (Wildman–Crippen MR) is 85.9 cm³/mol. The minimum atomic E-state index is 0.318. The first kappa shape index (κ1) is 13.3. The van der Waals surface area contributed by atoms with Crippen LogP contribution in [-0.4, -0.2) is 36.1 Å². The van der Waals surface area contributed by atoms with E-state index in [-0.39, 0.29) is 0 Å². The van der Waals surface area contributed by atoms with Gasteiger partial charge in [0.1, 0.15) is 18.2 Å². The number of benzene rings is 1. The number of rotatable bonds is 2. The fourth-order valence-corrected chi connectivity index (χ4v) is 3.23. The van der Waals surface area contributed by atoms with E-state index in [9.17, 15) is 0 Å². The SMILES string of the molecule is CNC1CCN(c2nc(N)nc3c2COc2ccccc2-3)C1. The Morgan fingerprint density at radius 3 is 3.00 bits per heavy atom. The highest BCUT2D eigenvalue weighted by atomic mass is 16.5. The minimum Gasteiger partial charge on any atom is -0.488 e. The summed E-state index contributed by atoms with van der Waals surface area (Å²) in [7, 11) is 2.00. The van der Waals surface area contributed by atoms with Crippen molar-refractivity contribution in [1.29, 1.82) is 0 Å². The van der Waals surface area contributed by atoms with Gasteiger partial charge in [-0.15, -0.1) is 0 Å². The van der Waals surface area contributed by atoms with E-state index in [1.54, 1.807) is 0 Å². The summed E-state index contributed by atoms with van der Waals surface area (Å²) in [6, 6.07) is 8.42.